The van der Waals surface area contributed by atoms with Gasteiger partial charge in [0.2, 0.25) is 16.0 Å². The second-order valence-corrected chi connectivity index (χ2v) is 8.46. The van der Waals surface area contributed by atoms with Crippen molar-refractivity contribution in [1.82, 2.24) is 14.3 Å². The van der Waals surface area contributed by atoms with Gasteiger partial charge in [0.1, 0.15) is 5.69 Å². The summed E-state index contributed by atoms with van der Waals surface area (Å²) < 4.78 is 26.7. The van der Waals surface area contributed by atoms with Crippen LogP contribution in [0.25, 0.3) is 0 Å². The van der Waals surface area contributed by atoms with Crippen molar-refractivity contribution in [3.8, 4) is 0 Å². The molecule has 2 aromatic rings. The van der Waals surface area contributed by atoms with Gasteiger partial charge in [-0.1, -0.05) is 13.8 Å². The Morgan fingerprint density at radius 3 is 2.21 bits per heavy atom. The topological polar surface area (TPSA) is 113 Å². The molecule has 0 bridgehead atoms. The van der Waals surface area contributed by atoms with Gasteiger partial charge >= 0.3 is 0 Å². The molecule has 1 aromatic heterocycles. The number of nitro groups is 1. The van der Waals surface area contributed by atoms with Gasteiger partial charge in [0.15, 0.2) is 0 Å². The molecule has 1 aromatic carbocycles. The zero-order valence-corrected chi connectivity index (χ0v) is 17.2. The highest BCUT2D eigenvalue weighted by atomic mass is 32.2. The van der Waals surface area contributed by atoms with E-state index in [1.165, 1.54) is 16.4 Å². The van der Waals surface area contributed by atoms with E-state index in [1.807, 2.05) is 9.80 Å². The summed E-state index contributed by atoms with van der Waals surface area (Å²) in [5.74, 6) is 0.627. The van der Waals surface area contributed by atoms with Crippen molar-refractivity contribution in [2.75, 3.05) is 49.1 Å². The number of rotatable bonds is 7. The number of nitro benzene ring substituents is 1. The lowest BCUT2D eigenvalue weighted by molar-refractivity contribution is -0.384. The minimum absolute atomic E-state index is 0.0621. The van der Waals surface area contributed by atoms with Gasteiger partial charge in [-0.3, -0.25) is 10.1 Å². The first kappa shape index (κ1) is 20.9. The third-order valence-corrected chi connectivity index (χ3v) is 6.99. The SMILES string of the molecule is CCN(CC)S(=O)(=O)c1ccc(N2CCN(c3ncccn3)CC2)c([N+](=O)[O-])c1. The normalized spacial score (nSPS) is 15.0. The van der Waals surface area contributed by atoms with Crippen LogP contribution >= 0.6 is 0 Å². The van der Waals surface area contributed by atoms with E-state index < -0.39 is 14.9 Å². The minimum atomic E-state index is -3.76. The Bertz CT molecular complexity index is 958. The van der Waals surface area contributed by atoms with E-state index in [0.29, 0.717) is 50.9 Å². The Kier molecular flexibility index (Phi) is 6.28. The van der Waals surface area contributed by atoms with Crippen molar-refractivity contribution in [1.29, 1.82) is 0 Å². The van der Waals surface area contributed by atoms with E-state index in [0.717, 1.165) is 6.07 Å². The van der Waals surface area contributed by atoms with Crippen LogP contribution in [0.2, 0.25) is 0 Å². The number of nitrogens with zero attached hydrogens (tertiary/aromatic N) is 6. The molecule has 11 heteroatoms. The van der Waals surface area contributed by atoms with E-state index in [-0.39, 0.29) is 10.6 Å². The first-order valence-electron chi connectivity index (χ1n) is 9.44. The standard InChI is InChI=1S/C18H24N6O4S/c1-3-23(4-2)29(27,28)15-6-7-16(17(14-15)24(25)26)21-10-12-22(13-11-21)18-19-8-5-9-20-18/h5-9,14H,3-4,10-13H2,1-2H3. The first-order chi connectivity index (χ1) is 13.9. The van der Waals surface area contributed by atoms with Gasteiger partial charge in [-0.2, -0.15) is 4.31 Å². The van der Waals surface area contributed by atoms with Crippen LogP contribution in [0.1, 0.15) is 13.8 Å². The van der Waals surface area contributed by atoms with Crippen LogP contribution in [0.5, 0.6) is 0 Å². The lowest BCUT2D eigenvalue weighted by Crippen LogP contribution is -2.47. The number of piperazine rings is 1. The Morgan fingerprint density at radius 2 is 1.66 bits per heavy atom. The van der Waals surface area contributed by atoms with Crippen molar-refractivity contribution in [2.45, 2.75) is 18.7 Å². The number of hydrogen-bond donors (Lipinski definition) is 0. The van der Waals surface area contributed by atoms with E-state index in [2.05, 4.69) is 9.97 Å². The van der Waals surface area contributed by atoms with E-state index >= 15 is 0 Å². The van der Waals surface area contributed by atoms with Crippen LogP contribution in [-0.4, -0.2) is 66.9 Å². The van der Waals surface area contributed by atoms with Gasteiger partial charge in [-0.05, 0) is 18.2 Å². The maximum absolute atomic E-state index is 12.7. The molecule has 1 aliphatic heterocycles. The number of hydrogen-bond acceptors (Lipinski definition) is 8. The van der Waals surface area contributed by atoms with Gasteiger partial charge in [0, 0.05) is 57.7 Å². The maximum atomic E-state index is 12.7. The Labute approximate surface area is 170 Å². The average Bonchev–Trinajstić information content (AvgIpc) is 2.74. The Hall–Kier alpha value is -2.79. The van der Waals surface area contributed by atoms with Crippen LogP contribution in [0.4, 0.5) is 17.3 Å². The molecule has 0 radical (unpaired) electrons. The van der Waals surface area contributed by atoms with E-state index in [4.69, 9.17) is 0 Å². The van der Waals surface area contributed by atoms with Gasteiger partial charge in [0.05, 0.1) is 9.82 Å². The van der Waals surface area contributed by atoms with Crippen LogP contribution < -0.4 is 9.80 Å². The molecule has 2 heterocycles. The lowest BCUT2D eigenvalue weighted by atomic mass is 10.2. The van der Waals surface area contributed by atoms with Gasteiger partial charge in [-0.25, -0.2) is 18.4 Å². The molecule has 0 amide bonds. The second-order valence-electron chi connectivity index (χ2n) is 6.52. The third kappa shape index (κ3) is 4.30. The predicted molar refractivity (Wildman–Crippen MR) is 110 cm³/mol. The number of benzene rings is 1. The quantitative estimate of drug-likeness (QED) is 0.492. The molecule has 0 spiro atoms. The summed E-state index contributed by atoms with van der Waals surface area (Å²) in [6.45, 7) is 6.39. The molecule has 0 saturated carbocycles. The van der Waals surface area contributed by atoms with Gasteiger partial charge in [-0.15, -0.1) is 0 Å². The van der Waals surface area contributed by atoms with Crippen molar-refractivity contribution >= 4 is 27.3 Å². The Balaban J connectivity index is 1.84. The molecule has 1 aliphatic rings. The Morgan fingerprint density at radius 1 is 1.07 bits per heavy atom. The van der Waals surface area contributed by atoms with Crippen molar-refractivity contribution < 1.29 is 13.3 Å². The zero-order valence-electron chi connectivity index (χ0n) is 16.4. The molecule has 1 fully saturated rings. The van der Waals surface area contributed by atoms with Gasteiger partial charge in [0.25, 0.3) is 5.69 Å². The van der Waals surface area contributed by atoms with Crippen molar-refractivity contribution in [3.63, 3.8) is 0 Å². The van der Waals surface area contributed by atoms with Crippen LogP contribution in [-0.2, 0) is 10.0 Å². The van der Waals surface area contributed by atoms with Gasteiger partial charge < -0.3 is 9.80 Å². The highest BCUT2D eigenvalue weighted by Gasteiger charge is 2.29. The minimum Gasteiger partial charge on any atom is -0.362 e. The summed E-state index contributed by atoms with van der Waals surface area (Å²) in [5.41, 5.74) is 0.213. The largest absolute Gasteiger partial charge is 0.362 e. The molecule has 3 rings (SSSR count). The molecule has 1 saturated heterocycles. The molecule has 10 nitrogen and oxygen atoms in total. The fourth-order valence-electron chi connectivity index (χ4n) is 3.39. The summed E-state index contributed by atoms with van der Waals surface area (Å²) in [7, 11) is -3.76. The molecule has 0 N–H and O–H groups in total. The van der Waals surface area contributed by atoms with Crippen molar-refractivity contribution in [3.05, 3.63) is 46.8 Å². The molecular formula is C18H24N6O4S. The predicted octanol–water partition coefficient (Wildman–Crippen LogP) is 1.74. The summed E-state index contributed by atoms with van der Waals surface area (Å²) in [6, 6.07) is 5.89. The number of anilines is 2. The highest BCUT2D eigenvalue weighted by molar-refractivity contribution is 7.89. The maximum Gasteiger partial charge on any atom is 0.293 e. The van der Waals surface area contributed by atoms with E-state index in [1.54, 1.807) is 32.3 Å². The molecule has 0 atom stereocenters. The zero-order chi connectivity index (χ0) is 21.0. The third-order valence-electron chi connectivity index (χ3n) is 4.94. The highest BCUT2D eigenvalue weighted by Crippen LogP contribution is 2.32. The van der Waals surface area contributed by atoms with Crippen LogP contribution in [0.3, 0.4) is 0 Å². The summed E-state index contributed by atoms with van der Waals surface area (Å²) in [6.07, 6.45) is 3.35. The second kappa shape index (κ2) is 8.70. The first-order valence-corrected chi connectivity index (χ1v) is 10.9. The molecule has 156 valence electrons. The summed E-state index contributed by atoms with van der Waals surface area (Å²) >= 11 is 0. The fourth-order valence-corrected chi connectivity index (χ4v) is 4.87. The smallest absolute Gasteiger partial charge is 0.293 e. The van der Waals surface area contributed by atoms with Crippen LogP contribution in [0, 0.1) is 10.1 Å². The fraction of sp³-hybridized carbons (Fsp3) is 0.444. The molecule has 29 heavy (non-hydrogen) atoms. The summed E-state index contributed by atoms with van der Waals surface area (Å²) in [4.78, 5) is 23.5. The number of sulfonamides is 1. The molecule has 0 unspecified atom stereocenters. The van der Waals surface area contributed by atoms with Crippen molar-refractivity contribution in [2.24, 2.45) is 0 Å². The lowest BCUT2D eigenvalue weighted by Gasteiger charge is -2.35. The van der Waals surface area contributed by atoms with E-state index in [9.17, 15) is 18.5 Å². The number of aromatic nitrogens is 2. The average molecular weight is 420 g/mol. The molecule has 0 aliphatic carbocycles. The monoisotopic (exact) mass is 420 g/mol. The molecular weight excluding hydrogens is 396 g/mol. The summed E-state index contributed by atoms with van der Waals surface area (Å²) in [5, 5.41) is 11.7. The van der Waals surface area contributed by atoms with Crippen LogP contribution in [0.15, 0.2) is 41.6 Å².